The number of hydrogen-bond donors (Lipinski definition) is 0. The number of carbonyl (C=O) groups excluding carboxylic acids is 2. The Morgan fingerprint density at radius 1 is 0.868 bits per heavy atom. The maximum Gasteiger partial charge on any atom is 0.254 e. The number of ether oxygens (including phenoxy) is 2. The summed E-state index contributed by atoms with van der Waals surface area (Å²) in [5.41, 5.74) is 5.71. The van der Waals surface area contributed by atoms with E-state index in [2.05, 4.69) is 25.1 Å². The number of hydrogen-bond acceptors (Lipinski definition) is 4. The summed E-state index contributed by atoms with van der Waals surface area (Å²) in [6.45, 7) is 10.6. The van der Waals surface area contributed by atoms with Crippen molar-refractivity contribution in [3.8, 4) is 22.6 Å². The number of aryl methyl sites for hydroxylation is 1. The van der Waals surface area contributed by atoms with Crippen molar-refractivity contribution in [3.05, 3.63) is 82.9 Å². The zero-order valence-electron chi connectivity index (χ0n) is 23.0. The molecule has 198 valence electrons. The van der Waals surface area contributed by atoms with Crippen LogP contribution in [0.4, 0.5) is 0 Å². The molecule has 5 rings (SSSR count). The van der Waals surface area contributed by atoms with Crippen molar-refractivity contribution in [2.24, 2.45) is 0 Å². The van der Waals surface area contributed by atoms with Gasteiger partial charge in [-0.1, -0.05) is 43.3 Å². The first-order valence-electron chi connectivity index (χ1n) is 13.7. The minimum Gasteiger partial charge on any atom is -0.454 e. The molecule has 0 radical (unpaired) electrons. The number of carbonyl (C=O) groups is 2. The van der Waals surface area contributed by atoms with Crippen molar-refractivity contribution in [2.75, 3.05) is 6.79 Å². The third-order valence-corrected chi connectivity index (χ3v) is 7.92. The maximum absolute atomic E-state index is 13.6. The second-order valence-electron chi connectivity index (χ2n) is 11.1. The van der Waals surface area contributed by atoms with Crippen LogP contribution in [0.5, 0.6) is 11.5 Å². The van der Waals surface area contributed by atoms with E-state index < -0.39 is 5.41 Å². The lowest BCUT2D eigenvalue weighted by Crippen LogP contribution is -2.42. The van der Waals surface area contributed by atoms with Crippen LogP contribution in [-0.2, 0) is 23.1 Å². The van der Waals surface area contributed by atoms with E-state index in [1.165, 1.54) is 5.56 Å². The van der Waals surface area contributed by atoms with Crippen LogP contribution in [0.1, 0.15) is 74.5 Å². The van der Waals surface area contributed by atoms with Crippen molar-refractivity contribution in [1.29, 1.82) is 0 Å². The SMILES string of the molecule is CCc1ccc(CC(=O)C2(c3ccc4c(c3)OCO4)CC2)cc1-c1ccc(C(=O)N(C(C)C)C(C)C)cc1. The highest BCUT2D eigenvalue weighted by molar-refractivity contribution is 5.96. The van der Waals surface area contributed by atoms with Crippen molar-refractivity contribution >= 4 is 11.7 Å². The van der Waals surface area contributed by atoms with Gasteiger partial charge in [0.25, 0.3) is 5.91 Å². The number of benzene rings is 3. The molecule has 1 fully saturated rings. The lowest BCUT2D eigenvalue weighted by atomic mass is 9.86. The van der Waals surface area contributed by atoms with Gasteiger partial charge >= 0.3 is 0 Å². The summed E-state index contributed by atoms with van der Waals surface area (Å²) >= 11 is 0. The topological polar surface area (TPSA) is 55.8 Å². The van der Waals surface area contributed by atoms with Crippen LogP contribution in [0.2, 0.25) is 0 Å². The Kier molecular flexibility index (Phi) is 7.04. The molecule has 2 aliphatic rings. The first-order chi connectivity index (χ1) is 18.2. The fourth-order valence-corrected chi connectivity index (χ4v) is 5.72. The summed E-state index contributed by atoms with van der Waals surface area (Å²) < 4.78 is 11.0. The van der Waals surface area contributed by atoms with Crippen molar-refractivity contribution in [2.45, 2.75) is 77.8 Å². The van der Waals surface area contributed by atoms with Gasteiger partial charge < -0.3 is 14.4 Å². The van der Waals surface area contributed by atoms with Gasteiger partial charge in [0.05, 0.1) is 5.41 Å². The third kappa shape index (κ3) is 4.82. The Balaban J connectivity index is 1.37. The number of Topliss-reactive ketones (excluding diaryl/α,β-unsaturated/α-hetero) is 1. The van der Waals surface area contributed by atoms with Gasteiger partial charge in [-0.25, -0.2) is 0 Å². The molecule has 1 saturated carbocycles. The summed E-state index contributed by atoms with van der Waals surface area (Å²) in [4.78, 5) is 28.6. The molecular formula is C33H37NO4. The molecule has 3 aromatic carbocycles. The predicted octanol–water partition coefficient (Wildman–Crippen LogP) is 6.75. The van der Waals surface area contributed by atoms with Gasteiger partial charge in [0.2, 0.25) is 6.79 Å². The molecule has 0 aromatic heterocycles. The number of rotatable bonds is 9. The lowest BCUT2D eigenvalue weighted by Gasteiger charge is -2.31. The Bertz CT molecular complexity index is 1340. The molecule has 1 aliphatic heterocycles. The Labute approximate surface area is 225 Å². The van der Waals surface area contributed by atoms with Gasteiger partial charge in [0.1, 0.15) is 5.78 Å². The van der Waals surface area contributed by atoms with Crippen molar-refractivity contribution < 1.29 is 19.1 Å². The Hall–Kier alpha value is -3.60. The molecule has 1 aliphatic carbocycles. The first kappa shape index (κ1) is 26.0. The number of nitrogens with zero attached hydrogens (tertiary/aromatic N) is 1. The van der Waals surface area contributed by atoms with E-state index in [0.29, 0.717) is 12.0 Å². The van der Waals surface area contributed by atoms with Crippen LogP contribution >= 0.6 is 0 Å². The molecule has 0 atom stereocenters. The van der Waals surface area contributed by atoms with Gasteiger partial charge in [-0.15, -0.1) is 0 Å². The highest BCUT2D eigenvalue weighted by Gasteiger charge is 2.50. The highest BCUT2D eigenvalue weighted by atomic mass is 16.7. The molecule has 5 nitrogen and oxygen atoms in total. The molecule has 0 bridgehead atoms. The zero-order chi connectivity index (χ0) is 27.0. The van der Waals surface area contributed by atoms with Crippen LogP contribution < -0.4 is 9.47 Å². The largest absolute Gasteiger partial charge is 0.454 e. The smallest absolute Gasteiger partial charge is 0.254 e. The van der Waals surface area contributed by atoms with E-state index in [1.807, 2.05) is 75.1 Å². The lowest BCUT2D eigenvalue weighted by molar-refractivity contribution is -0.120. The monoisotopic (exact) mass is 511 g/mol. The van der Waals surface area contributed by atoms with Crippen LogP contribution in [0.3, 0.4) is 0 Å². The van der Waals surface area contributed by atoms with Gasteiger partial charge in [0.15, 0.2) is 11.5 Å². The van der Waals surface area contributed by atoms with Crippen LogP contribution in [-0.4, -0.2) is 35.5 Å². The minimum absolute atomic E-state index is 0.0508. The number of fused-ring (bicyclic) bond motifs is 1. The highest BCUT2D eigenvalue weighted by Crippen LogP contribution is 2.51. The van der Waals surface area contributed by atoms with Crippen LogP contribution in [0, 0.1) is 0 Å². The predicted molar refractivity (Wildman–Crippen MR) is 150 cm³/mol. The quantitative estimate of drug-likeness (QED) is 0.319. The number of ketones is 1. The molecule has 5 heteroatoms. The van der Waals surface area contributed by atoms with E-state index in [9.17, 15) is 9.59 Å². The molecule has 0 spiro atoms. The third-order valence-electron chi connectivity index (χ3n) is 7.92. The molecular weight excluding hydrogens is 474 g/mol. The van der Waals surface area contributed by atoms with E-state index in [-0.39, 0.29) is 30.6 Å². The second kappa shape index (κ2) is 10.3. The molecule has 0 N–H and O–H groups in total. The molecule has 1 amide bonds. The minimum atomic E-state index is -0.425. The first-order valence-corrected chi connectivity index (χ1v) is 13.7. The van der Waals surface area contributed by atoms with Crippen molar-refractivity contribution in [3.63, 3.8) is 0 Å². The second-order valence-corrected chi connectivity index (χ2v) is 11.1. The van der Waals surface area contributed by atoms with E-state index >= 15 is 0 Å². The average Bonchev–Trinajstić information content (AvgIpc) is 3.59. The van der Waals surface area contributed by atoms with Gasteiger partial charge in [-0.2, -0.15) is 0 Å². The average molecular weight is 512 g/mol. The standard InChI is InChI=1S/C33H37NO4/c1-6-24-8-7-23(18-31(35)33(15-16-33)27-13-14-29-30(19-27)38-20-37-29)17-28(24)25-9-11-26(12-10-25)32(36)34(21(2)3)22(4)5/h7-14,17,19,21-22H,6,15-16,18,20H2,1-5H3. The summed E-state index contributed by atoms with van der Waals surface area (Å²) in [5, 5.41) is 0. The van der Waals surface area contributed by atoms with Gasteiger partial charge in [-0.05, 0) is 99.0 Å². The molecule has 1 heterocycles. The van der Waals surface area contributed by atoms with Gasteiger partial charge in [0, 0.05) is 24.1 Å². The van der Waals surface area contributed by atoms with E-state index in [0.717, 1.165) is 53.0 Å². The number of amides is 1. The molecule has 0 unspecified atom stereocenters. The summed E-state index contributed by atoms with van der Waals surface area (Å²) in [5.74, 6) is 1.76. The van der Waals surface area contributed by atoms with Crippen LogP contribution in [0.25, 0.3) is 11.1 Å². The fraction of sp³-hybridized carbons (Fsp3) is 0.394. The Morgan fingerprint density at radius 2 is 1.55 bits per heavy atom. The zero-order valence-corrected chi connectivity index (χ0v) is 23.0. The molecule has 3 aromatic rings. The summed E-state index contributed by atoms with van der Waals surface area (Å²) in [6, 6.07) is 20.4. The Morgan fingerprint density at radius 3 is 2.18 bits per heavy atom. The summed E-state index contributed by atoms with van der Waals surface area (Å²) in [7, 11) is 0. The van der Waals surface area contributed by atoms with Crippen molar-refractivity contribution in [1.82, 2.24) is 4.90 Å². The van der Waals surface area contributed by atoms with Gasteiger partial charge in [-0.3, -0.25) is 9.59 Å². The van der Waals surface area contributed by atoms with E-state index in [4.69, 9.17) is 9.47 Å². The van der Waals surface area contributed by atoms with E-state index in [1.54, 1.807) is 0 Å². The van der Waals surface area contributed by atoms with Crippen LogP contribution in [0.15, 0.2) is 60.7 Å². The molecule has 38 heavy (non-hydrogen) atoms. The molecule has 0 saturated heterocycles. The fourth-order valence-electron chi connectivity index (χ4n) is 5.72. The normalized spacial score (nSPS) is 15.1. The summed E-state index contributed by atoms with van der Waals surface area (Å²) in [6.07, 6.45) is 3.01. The maximum atomic E-state index is 13.6.